The molecule has 0 bridgehead atoms. The van der Waals surface area contributed by atoms with Crippen LogP contribution >= 0.6 is 0 Å². The minimum atomic E-state index is -0.523. The van der Waals surface area contributed by atoms with E-state index in [0.29, 0.717) is 24.5 Å². The van der Waals surface area contributed by atoms with Crippen LogP contribution in [0, 0.1) is 0 Å². The van der Waals surface area contributed by atoms with Gasteiger partial charge in [0.15, 0.2) is 6.61 Å². The van der Waals surface area contributed by atoms with Gasteiger partial charge in [0, 0.05) is 44.1 Å². The SMILES string of the molecule is CCN1CCN(C(=O)COC(=O)c2ccc3nc(-c4cccnc4)[nH]c3c2)CC1. The van der Waals surface area contributed by atoms with E-state index in [1.807, 2.05) is 12.1 Å². The summed E-state index contributed by atoms with van der Waals surface area (Å²) < 4.78 is 5.25. The standard InChI is InChI=1S/C21H23N5O3/c1-2-25-8-10-26(11-9-25)19(27)14-29-21(28)15-5-6-17-18(12-15)24-20(23-17)16-4-3-7-22-13-16/h3-7,12-13H,2,8-11,14H2,1H3,(H,23,24). The normalized spacial score (nSPS) is 14.9. The molecule has 0 unspecified atom stereocenters. The Bertz CT molecular complexity index is 1010. The Balaban J connectivity index is 1.39. The minimum absolute atomic E-state index is 0.157. The third-order valence-corrected chi connectivity index (χ3v) is 5.15. The van der Waals surface area contributed by atoms with Crippen molar-refractivity contribution in [1.82, 2.24) is 24.8 Å². The van der Waals surface area contributed by atoms with E-state index in [9.17, 15) is 9.59 Å². The number of benzene rings is 1. The molecule has 2 aromatic heterocycles. The van der Waals surface area contributed by atoms with Gasteiger partial charge in [-0.1, -0.05) is 6.92 Å². The van der Waals surface area contributed by atoms with Gasteiger partial charge in [-0.05, 0) is 36.9 Å². The number of hydrogen-bond acceptors (Lipinski definition) is 6. The van der Waals surface area contributed by atoms with Crippen molar-refractivity contribution in [1.29, 1.82) is 0 Å². The lowest BCUT2D eigenvalue weighted by Crippen LogP contribution is -2.49. The molecule has 1 aliphatic rings. The Morgan fingerprint density at radius 2 is 2.00 bits per heavy atom. The highest BCUT2D eigenvalue weighted by Crippen LogP contribution is 2.21. The third kappa shape index (κ3) is 4.27. The predicted octanol–water partition coefficient (Wildman–Crippen LogP) is 1.95. The molecule has 1 amide bonds. The number of imidazole rings is 1. The summed E-state index contributed by atoms with van der Waals surface area (Å²) in [6, 6.07) is 8.85. The summed E-state index contributed by atoms with van der Waals surface area (Å²) in [5, 5.41) is 0. The summed E-state index contributed by atoms with van der Waals surface area (Å²) in [5.74, 6) is 0.000531. The van der Waals surface area contributed by atoms with Gasteiger partial charge in [0.05, 0.1) is 16.6 Å². The number of amides is 1. The Morgan fingerprint density at radius 3 is 2.72 bits per heavy atom. The summed E-state index contributed by atoms with van der Waals surface area (Å²) in [4.78, 5) is 40.6. The monoisotopic (exact) mass is 393 g/mol. The first-order chi connectivity index (χ1) is 14.1. The number of nitrogens with zero attached hydrogens (tertiary/aromatic N) is 4. The summed E-state index contributed by atoms with van der Waals surface area (Å²) in [7, 11) is 0. The van der Waals surface area contributed by atoms with Gasteiger partial charge < -0.3 is 19.5 Å². The molecule has 0 aliphatic carbocycles. The number of esters is 1. The molecule has 1 aromatic carbocycles. The quantitative estimate of drug-likeness (QED) is 0.666. The Kier molecular flexibility index (Phi) is 5.53. The smallest absolute Gasteiger partial charge is 0.338 e. The van der Waals surface area contributed by atoms with E-state index in [1.165, 1.54) is 0 Å². The Hall–Kier alpha value is -3.26. The summed E-state index contributed by atoms with van der Waals surface area (Å²) in [5.41, 5.74) is 2.70. The number of nitrogens with one attached hydrogen (secondary N) is 1. The fourth-order valence-corrected chi connectivity index (χ4v) is 3.39. The lowest BCUT2D eigenvalue weighted by atomic mass is 10.2. The van der Waals surface area contributed by atoms with Gasteiger partial charge in [0.25, 0.3) is 5.91 Å². The summed E-state index contributed by atoms with van der Waals surface area (Å²) in [6.07, 6.45) is 3.42. The highest BCUT2D eigenvalue weighted by molar-refractivity contribution is 5.95. The van der Waals surface area contributed by atoms with Crippen LogP contribution < -0.4 is 0 Å². The van der Waals surface area contributed by atoms with Crippen LogP contribution in [0.25, 0.3) is 22.4 Å². The van der Waals surface area contributed by atoms with Gasteiger partial charge in [-0.25, -0.2) is 9.78 Å². The van der Waals surface area contributed by atoms with Gasteiger partial charge in [-0.15, -0.1) is 0 Å². The van der Waals surface area contributed by atoms with Crippen LogP contribution in [0.5, 0.6) is 0 Å². The average Bonchev–Trinajstić information content (AvgIpc) is 3.21. The van der Waals surface area contributed by atoms with Crippen LogP contribution in [0.3, 0.4) is 0 Å². The van der Waals surface area contributed by atoms with Crippen LogP contribution in [0.2, 0.25) is 0 Å². The number of likely N-dealkylation sites (N-methyl/N-ethyl adjacent to an activating group) is 1. The maximum Gasteiger partial charge on any atom is 0.338 e. The van der Waals surface area contributed by atoms with Crippen molar-refractivity contribution in [3.63, 3.8) is 0 Å². The molecule has 1 N–H and O–H groups in total. The number of ether oxygens (including phenoxy) is 1. The van der Waals surface area contributed by atoms with Gasteiger partial charge in [-0.2, -0.15) is 0 Å². The van der Waals surface area contributed by atoms with Crippen LogP contribution in [-0.4, -0.2) is 76.0 Å². The maximum absolute atomic E-state index is 12.4. The molecule has 3 heterocycles. The van der Waals surface area contributed by atoms with E-state index in [0.717, 1.165) is 36.2 Å². The molecule has 0 saturated carbocycles. The lowest BCUT2D eigenvalue weighted by molar-refractivity contribution is -0.136. The van der Waals surface area contributed by atoms with Crippen molar-refractivity contribution in [3.05, 3.63) is 48.3 Å². The second-order valence-electron chi connectivity index (χ2n) is 6.95. The molecule has 1 aliphatic heterocycles. The zero-order chi connectivity index (χ0) is 20.2. The summed E-state index contributed by atoms with van der Waals surface area (Å²) in [6.45, 7) is 5.89. The number of carbonyl (C=O) groups excluding carboxylic acids is 2. The number of aromatic nitrogens is 3. The van der Waals surface area contributed by atoms with Gasteiger partial charge in [0.2, 0.25) is 0 Å². The molecule has 8 nitrogen and oxygen atoms in total. The van der Waals surface area contributed by atoms with Crippen LogP contribution in [0.15, 0.2) is 42.7 Å². The van der Waals surface area contributed by atoms with Gasteiger partial charge in [-0.3, -0.25) is 9.78 Å². The molecule has 1 fully saturated rings. The zero-order valence-corrected chi connectivity index (χ0v) is 16.3. The summed E-state index contributed by atoms with van der Waals surface area (Å²) >= 11 is 0. The van der Waals surface area contributed by atoms with Crippen molar-refractivity contribution >= 4 is 22.9 Å². The first-order valence-corrected chi connectivity index (χ1v) is 9.71. The zero-order valence-electron chi connectivity index (χ0n) is 16.3. The number of rotatable bonds is 5. The molecule has 0 spiro atoms. The van der Waals surface area contributed by atoms with Crippen molar-refractivity contribution < 1.29 is 14.3 Å². The number of hydrogen-bond donors (Lipinski definition) is 1. The number of piperazine rings is 1. The molecule has 4 rings (SSSR count). The van der Waals surface area contributed by atoms with Gasteiger partial charge >= 0.3 is 5.97 Å². The largest absolute Gasteiger partial charge is 0.452 e. The number of pyridine rings is 1. The average molecular weight is 393 g/mol. The van der Waals surface area contributed by atoms with Crippen LogP contribution in [-0.2, 0) is 9.53 Å². The van der Waals surface area contributed by atoms with Crippen molar-refractivity contribution in [3.8, 4) is 11.4 Å². The second kappa shape index (κ2) is 8.40. The predicted molar refractivity (Wildman–Crippen MR) is 108 cm³/mol. The molecular formula is C21H23N5O3. The number of carbonyl (C=O) groups is 2. The van der Waals surface area contributed by atoms with Gasteiger partial charge in [0.1, 0.15) is 5.82 Å². The number of H-pyrrole nitrogens is 1. The van der Waals surface area contributed by atoms with Crippen LogP contribution in [0.4, 0.5) is 0 Å². The second-order valence-corrected chi connectivity index (χ2v) is 6.95. The van der Waals surface area contributed by atoms with E-state index in [2.05, 4.69) is 26.8 Å². The molecule has 0 atom stereocenters. The highest BCUT2D eigenvalue weighted by atomic mass is 16.5. The molecule has 29 heavy (non-hydrogen) atoms. The first kappa shape index (κ1) is 19.1. The highest BCUT2D eigenvalue weighted by Gasteiger charge is 2.21. The lowest BCUT2D eigenvalue weighted by Gasteiger charge is -2.33. The topological polar surface area (TPSA) is 91.4 Å². The molecule has 1 saturated heterocycles. The number of fused-ring (bicyclic) bond motifs is 1. The van der Waals surface area contributed by atoms with E-state index in [4.69, 9.17) is 4.74 Å². The third-order valence-electron chi connectivity index (χ3n) is 5.15. The first-order valence-electron chi connectivity index (χ1n) is 9.71. The molecular weight excluding hydrogens is 370 g/mol. The van der Waals surface area contributed by atoms with Crippen molar-refractivity contribution in [2.45, 2.75) is 6.92 Å². The van der Waals surface area contributed by atoms with Crippen LogP contribution in [0.1, 0.15) is 17.3 Å². The number of aromatic amines is 1. The van der Waals surface area contributed by atoms with E-state index in [-0.39, 0.29) is 12.5 Å². The van der Waals surface area contributed by atoms with E-state index < -0.39 is 5.97 Å². The molecule has 3 aromatic rings. The Labute approximate surface area is 168 Å². The Morgan fingerprint density at radius 1 is 1.17 bits per heavy atom. The molecule has 0 radical (unpaired) electrons. The fourth-order valence-electron chi connectivity index (χ4n) is 3.39. The van der Waals surface area contributed by atoms with Crippen molar-refractivity contribution in [2.75, 3.05) is 39.3 Å². The van der Waals surface area contributed by atoms with E-state index >= 15 is 0 Å². The fraction of sp³-hybridized carbons (Fsp3) is 0.333. The maximum atomic E-state index is 12.4. The molecule has 150 valence electrons. The van der Waals surface area contributed by atoms with Crippen molar-refractivity contribution in [2.24, 2.45) is 0 Å². The minimum Gasteiger partial charge on any atom is -0.452 e. The van der Waals surface area contributed by atoms with E-state index in [1.54, 1.807) is 35.5 Å². The molecule has 8 heteroatoms.